The van der Waals surface area contributed by atoms with Gasteiger partial charge in [0.2, 0.25) is 0 Å². The highest BCUT2D eigenvalue weighted by Gasteiger charge is 2.10. The topological polar surface area (TPSA) is 57.8 Å². The van der Waals surface area contributed by atoms with Gasteiger partial charge >= 0.3 is 0 Å². The first-order chi connectivity index (χ1) is 11.8. The summed E-state index contributed by atoms with van der Waals surface area (Å²) in [6.07, 6.45) is 5.72. The second-order valence-corrected chi connectivity index (χ2v) is 10.0. The highest BCUT2D eigenvalue weighted by Crippen LogP contribution is 2.38. The third-order valence-corrected chi connectivity index (χ3v) is 8.25. The Bertz CT molecular complexity index is 839. The summed E-state index contributed by atoms with van der Waals surface area (Å²) in [4.78, 5) is 8.48. The van der Waals surface area contributed by atoms with Crippen LogP contribution in [0.25, 0.3) is 10.2 Å². The van der Waals surface area contributed by atoms with E-state index in [9.17, 15) is 0 Å². The zero-order valence-corrected chi connectivity index (χ0v) is 16.1. The summed E-state index contributed by atoms with van der Waals surface area (Å²) in [7, 11) is 7.11. The smallest absolute Gasteiger partial charge is 0.127 e. The van der Waals surface area contributed by atoms with Crippen LogP contribution in [0.1, 0.15) is 5.56 Å². The van der Waals surface area contributed by atoms with E-state index < -0.39 is 0 Å². The average Bonchev–Trinajstić information content (AvgIpc) is 3.09. The first-order valence-corrected chi connectivity index (χ1v) is 11.8. The van der Waals surface area contributed by atoms with Gasteiger partial charge in [-0.3, -0.25) is 4.99 Å². The van der Waals surface area contributed by atoms with Crippen LogP contribution in [0.15, 0.2) is 57.7 Å². The normalized spacial score (nSPS) is 17.8. The first-order valence-electron chi connectivity index (χ1n) is 7.11. The molecule has 1 aromatic carbocycles. The first kappa shape index (κ1) is 17.6. The molecule has 24 heavy (non-hydrogen) atoms. The molecule has 0 radical (unpaired) electrons. The Balaban J connectivity index is 1.44. The minimum Gasteiger partial charge on any atom is -0.410 e. The van der Waals surface area contributed by atoms with Crippen LogP contribution in [-0.4, -0.2) is 34.4 Å². The van der Waals surface area contributed by atoms with Crippen LogP contribution in [0.5, 0.6) is 0 Å². The Morgan fingerprint density at radius 2 is 2.04 bits per heavy atom. The minimum absolute atomic E-state index is 0.505. The summed E-state index contributed by atoms with van der Waals surface area (Å²) in [5.74, 6) is 1.85. The van der Waals surface area contributed by atoms with E-state index in [1.807, 2.05) is 28.5 Å². The van der Waals surface area contributed by atoms with E-state index in [2.05, 4.69) is 33.3 Å². The number of aliphatic imine (C=N–C) groups is 1. The van der Waals surface area contributed by atoms with Crippen molar-refractivity contribution in [1.29, 1.82) is 0 Å². The number of fused-ring (bicyclic) bond motifs is 1. The molecule has 0 unspecified atom stereocenters. The maximum absolute atomic E-state index is 8.90. The van der Waals surface area contributed by atoms with Gasteiger partial charge in [0, 0.05) is 18.6 Å². The van der Waals surface area contributed by atoms with Gasteiger partial charge in [-0.05, 0) is 45.2 Å². The van der Waals surface area contributed by atoms with Crippen LogP contribution >= 0.6 is 42.8 Å². The van der Waals surface area contributed by atoms with Crippen molar-refractivity contribution in [2.45, 2.75) is 5.75 Å². The van der Waals surface area contributed by atoms with Crippen molar-refractivity contribution in [1.82, 2.24) is 4.98 Å². The summed E-state index contributed by atoms with van der Waals surface area (Å²) >= 11 is 1.67. The van der Waals surface area contributed by atoms with E-state index in [1.165, 1.54) is 15.8 Å². The Hall–Kier alpha value is -1.22. The van der Waals surface area contributed by atoms with Gasteiger partial charge in [0.15, 0.2) is 0 Å². The zero-order chi connectivity index (χ0) is 16.8. The standard InChI is InChI=1S/C16H15N3OS4/c1-17-14-6-11(2-4-13(14)19-20)8-22-24-23-9-12-3-5-16-15(7-12)18-10-21-16/h2-7,10,20H,8-9H2,1H3/b17-14-,19-13-. The molecular weight excluding hydrogens is 378 g/mol. The molecule has 0 saturated carbocycles. The quantitative estimate of drug-likeness (QED) is 0.240. The molecule has 8 heteroatoms. The van der Waals surface area contributed by atoms with E-state index in [0.29, 0.717) is 11.4 Å². The van der Waals surface area contributed by atoms with Crippen molar-refractivity contribution in [3.05, 3.63) is 53.1 Å². The monoisotopic (exact) mass is 393 g/mol. The van der Waals surface area contributed by atoms with Crippen molar-refractivity contribution in [2.75, 3.05) is 12.8 Å². The van der Waals surface area contributed by atoms with Gasteiger partial charge in [0.1, 0.15) is 5.71 Å². The lowest BCUT2D eigenvalue weighted by Crippen LogP contribution is -2.13. The van der Waals surface area contributed by atoms with Crippen molar-refractivity contribution in [2.24, 2.45) is 10.1 Å². The van der Waals surface area contributed by atoms with Gasteiger partial charge in [-0.1, -0.05) is 38.9 Å². The molecule has 0 amide bonds. The molecule has 3 rings (SSSR count). The Morgan fingerprint density at radius 3 is 2.88 bits per heavy atom. The number of hydrogen-bond donors (Lipinski definition) is 1. The van der Waals surface area contributed by atoms with Crippen molar-refractivity contribution in [3.8, 4) is 0 Å². The van der Waals surface area contributed by atoms with Gasteiger partial charge in [0.05, 0.1) is 21.4 Å². The molecule has 0 saturated heterocycles. The second kappa shape index (κ2) is 8.75. The Labute approximate surface area is 156 Å². The SMILES string of the molecule is C/N=C1/C=C(CSSSCc2ccc3scnc3c2)C=C/C1=N/O. The molecular formula is C16H15N3OS4. The molecule has 1 heterocycles. The summed E-state index contributed by atoms with van der Waals surface area (Å²) in [6, 6.07) is 6.48. The van der Waals surface area contributed by atoms with E-state index in [-0.39, 0.29) is 0 Å². The zero-order valence-electron chi connectivity index (χ0n) is 12.9. The van der Waals surface area contributed by atoms with Crippen LogP contribution in [0.2, 0.25) is 0 Å². The van der Waals surface area contributed by atoms with Crippen molar-refractivity contribution < 1.29 is 5.21 Å². The molecule has 0 fully saturated rings. The van der Waals surface area contributed by atoms with Crippen molar-refractivity contribution in [3.63, 3.8) is 0 Å². The molecule has 0 spiro atoms. The molecule has 1 aliphatic carbocycles. The molecule has 4 nitrogen and oxygen atoms in total. The van der Waals surface area contributed by atoms with Gasteiger partial charge in [-0.2, -0.15) is 0 Å². The van der Waals surface area contributed by atoms with Gasteiger partial charge in [-0.15, -0.1) is 11.3 Å². The predicted octanol–water partition coefficient (Wildman–Crippen LogP) is 5.22. The number of allylic oxidation sites excluding steroid dienone is 3. The van der Waals surface area contributed by atoms with Gasteiger partial charge in [-0.25, -0.2) is 4.98 Å². The van der Waals surface area contributed by atoms with Gasteiger partial charge < -0.3 is 5.21 Å². The third-order valence-electron chi connectivity index (χ3n) is 3.33. The Kier molecular flexibility index (Phi) is 6.42. The molecule has 0 atom stereocenters. The van der Waals surface area contributed by atoms with E-state index in [1.54, 1.807) is 45.1 Å². The lowest BCUT2D eigenvalue weighted by molar-refractivity contribution is 0.320. The molecule has 2 aromatic rings. The van der Waals surface area contributed by atoms with Crippen LogP contribution in [0.3, 0.4) is 0 Å². The molecule has 1 N–H and O–H groups in total. The highest BCUT2D eigenvalue weighted by molar-refractivity contribution is 9.09. The lowest BCUT2D eigenvalue weighted by atomic mass is 10.1. The maximum Gasteiger partial charge on any atom is 0.127 e. The lowest BCUT2D eigenvalue weighted by Gasteiger charge is -2.09. The molecule has 0 aliphatic heterocycles. The van der Waals surface area contributed by atoms with Crippen LogP contribution in [0, 0.1) is 0 Å². The number of nitrogens with zero attached hydrogens (tertiary/aromatic N) is 3. The summed E-state index contributed by atoms with van der Waals surface area (Å²) in [6.45, 7) is 0. The molecule has 1 aromatic heterocycles. The summed E-state index contributed by atoms with van der Waals surface area (Å²) < 4.78 is 1.24. The second-order valence-electron chi connectivity index (χ2n) is 4.89. The fraction of sp³-hybridized carbons (Fsp3) is 0.188. The molecule has 1 aliphatic rings. The Morgan fingerprint density at radius 1 is 1.17 bits per heavy atom. The fourth-order valence-electron chi connectivity index (χ4n) is 2.13. The fourth-order valence-corrected chi connectivity index (χ4v) is 6.38. The van der Waals surface area contributed by atoms with E-state index in [0.717, 1.165) is 17.0 Å². The largest absolute Gasteiger partial charge is 0.410 e. The number of rotatable bonds is 6. The van der Waals surface area contributed by atoms with Crippen LogP contribution in [-0.2, 0) is 5.75 Å². The number of hydrogen-bond acceptors (Lipinski definition) is 8. The maximum atomic E-state index is 8.90. The average molecular weight is 394 g/mol. The van der Waals surface area contributed by atoms with Crippen LogP contribution < -0.4 is 0 Å². The number of benzene rings is 1. The highest BCUT2D eigenvalue weighted by atomic mass is 33.5. The number of thiazole rings is 1. The number of oxime groups is 1. The molecule has 124 valence electrons. The van der Waals surface area contributed by atoms with E-state index >= 15 is 0 Å². The summed E-state index contributed by atoms with van der Waals surface area (Å²) in [5.41, 5.74) is 6.66. The summed E-state index contributed by atoms with van der Waals surface area (Å²) in [5, 5.41) is 12.1. The predicted molar refractivity (Wildman–Crippen MR) is 111 cm³/mol. The number of aromatic nitrogens is 1. The van der Waals surface area contributed by atoms with Gasteiger partial charge in [0.25, 0.3) is 0 Å². The van der Waals surface area contributed by atoms with Crippen molar-refractivity contribution >= 4 is 64.4 Å². The van der Waals surface area contributed by atoms with Crippen LogP contribution in [0.4, 0.5) is 0 Å². The minimum atomic E-state index is 0.505. The van der Waals surface area contributed by atoms with E-state index in [4.69, 9.17) is 5.21 Å². The molecule has 0 bridgehead atoms. The third kappa shape index (κ3) is 4.44.